The average Bonchev–Trinajstić information content (AvgIpc) is 2.42. The third kappa shape index (κ3) is 3.18. The van der Waals surface area contributed by atoms with Crippen LogP contribution in [0.1, 0.15) is 32.6 Å². The van der Waals surface area contributed by atoms with Crippen LogP contribution in [0.15, 0.2) is 36.4 Å². The number of anilines is 1. The second-order valence-corrected chi connectivity index (χ2v) is 5.09. The number of nitrogens with two attached hydrogens (primary N) is 1. The van der Waals surface area contributed by atoms with Gasteiger partial charge in [0.2, 0.25) is 0 Å². The van der Waals surface area contributed by atoms with Crippen molar-refractivity contribution >= 4 is 11.7 Å². The van der Waals surface area contributed by atoms with Crippen molar-refractivity contribution in [2.75, 3.05) is 5.73 Å². The molecule has 3 heteroatoms. The topological polar surface area (TPSA) is 52.3 Å². The average molecular weight is 269 g/mol. The quantitative estimate of drug-likeness (QED) is 0.684. The lowest BCUT2D eigenvalue weighted by Crippen LogP contribution is -2.08. The summed E-state index contributed by atoms with van der Waals surface area (Å²) in [5.74, 6) is -0.385. The van der Waals surface area contributed by atoms with Crippen molar-refractivity contribution in [2.24, 2.45) is 0 Å². The van der Waals surface area contributed by atoms with Crippen LogP contribution in [0.5, 0.6) is 0 Å². The van der Waals surface area contributed by atoms with E-state index in [2.05, 4.69) is 6.92 Å². The Labute approximate surface area is 119 Å². The minimum Gasteiger partial charge on any atom is -0.457 e. The Morgan fingerprint density at radius 1 is 1.05 bits per heavy atom. The van der Waals surface area contributed by atoms with E-state index in [-0.39, 0.29) is 12.6 Å². The summed E-state index contributed by atoms with van der Waals surface area (Å²) in [5, 5.41) is 0. The maximum Gasteiger partial charge on any atom is 0.340 e. The van der Waals surface area contributed by atoms with Crippen LogP contribution >= 0.6 is 0 Å². The van der Waals surface area contributed by atoms with Crippen molar-refractivity contribution in [1.29, 1.82) is 0 Å². The summed E-state index contributed by atoms with van der Waals surface area (Å²) in [4.78, 5) is 12.0. The summed E-state index contributed by atoms with van der Waals surface area (Å²) in [6.45, 7) is 6.27. The molecule has 0 saturated carbocycles. The van der Waals surface area contributed by atoms with Crippen LogP contribution in [0, 0.1) is 20.8 Å². The number of carbonyl (C=O) groups excluding carboxylic acids is 1. The first kappa shape index (κ1) is 14.1. The van der Waals surface area contributed by atoms with Gasteiger partial charge in [-0.15, -0.1) is 0 Å². The van der Waals surface area contributed by atoms with Gasteiger partial charge in [0.05, 0.1) is 5.56 Å². The monoisotopic (exact) mass is 269 g/mol. The molecule has 20 heavy (non-hydrogen) atoms. The smallest absolute Gasteiger partial charge is 0.340 e. The van der Waals surface area contributed by atoms with E-state index in [4.69, 9.17) is 10.5 Å². The van der Waals surface area contributed by atoms with Crippen LogP contribution < -0.4 is 5.73 Å². The molecule has 0 aliphatic heterocycles. The van der Waals surface area contributed by atoms with Gasteiger partial charge in [-0.1, -0.05) is 29.8 Å². The summed E-state index contributed by atoms with van der Waals surface area (Å²) in [5.41, 5.74) is 11.0. The lowest BCUT2D eigenvalue weighted by atomic mass is 10.1. The molecule has 0 aliphatic rings. The summed E-state index contributed by atoms with van der Waals surface area (Å²) in [6, 6.07) is 11.4. The van der Waals surface area contributed by atoms with Crippen LogP contribution in [0.3, 0.4) is 0 Å². The van der Waals surface area contributed by atoms with Crippen molar-refractivity contribution in [1.82, 2.24) is 0 Å². The molecule has 0 radical (unpaired) electrons. The lowest BCUT2D eigenvalue weighted by Gasteiger charge is -2.09. The molecule has 0 unspecified atom stereocenters. The number of hydrogen-bond donors (Lipinski definition) is 1. The number of rotatable bonds is 3. The number of hydrogen-bond acceptors (Lipinski definition) is 3. The highest BCUT2D eigenvalue weighted by Crippen LogP contribution is 2.16. The van der Waals surface area contributed by atoms with Gasteiger partial charge in [-0.05, 0) is 49.6 Å². The van der Waals surface area contributed by atoms with E-state index in [1.807, 2.05) is 38.1 Å². The molecule has 0 aliphatic carbocycles. The second-order valence-electron chi connectivity index (χ2n) is 5.09. The zero-order valence-electron chi connectivity index (χ0n) is 12.1. The number of benzene rings is 2. The highest BCUT2D eigenvalue weighted by molar-refractivity contribution is 5.95. The molecular weight excluding hydrogens is 250 g/mol. The van der Waals surface area contributed by atoms with Gasteiger partial charge in [-0.25, -0.2) is 4.79 Å². The van der Waals surface area contributed by atoms with Gasteiger partial charge in [0, 0.05) is 5.69 Å². The Morgan fingerprint density at radius 2 is 1.80 bits per heavy atom. The van der Waals surface area contributed by atoms with Crippen molar-refractivity contribution in [3.05, 3.63) is 64.2 Å². The normalized spacial score (nSPS) is 10.3. The third-order valence-electron chi connectivity index (χ3n) is 3.37. The number of nitrogen functional groups attached to an aromatic ring is 1. The van der Waals surface area contributed by atoms with E-state index in [0.717, 1.165) is 11.1 Å². The summed E-state index contributed by atoms with van der Waals surface area (Å²) in [7, 11) is 0. The molecule has 0 saturated heterocycles. The molecule has 0 atom stereocenters. The number of ether oxygens (including phenoxy) is 1. The second kappa shape index (κ2) is 5.78. The van der Waals surface area contributed by atoms with Gasteiger partial charge in [0.15, 0.2) is 0 Å². The van der Waals surface area contributed by atoms with Crippen molar-refractivity contribution in [3.63, 3.8) is 0 Å². The zero-order chi connectivity index (χ0) is 14.7. The molecule has 2 aromatic rings. The molecule has 3 nitrogen and oxygen atoms in total. The van der Waals surface area contributed by atoms with Crippen LogP contribution in [0.25, 0.3) is 0 Å². The highest BCUT2D eigenvalue weighted by atomic mass is 16.5. The minimum atomic E-state index is -0.385. The maximum atomic E-state index is 12.0. The van der Waals surface area contributed by atoms with Crippen molar-refractivity contribution in [2.45, 2.75) is 27.4 Å². The van der Waals surface area contributed by atoms with Gasteiger partial charge in [-0.2, -0.15) is 0 Å². The third-order valence-corrected chi connectivity index (χ3v) is 3.37. The molecule has 0 fully saturated rings. The van der Waals surface area contributed by atoms with Gasteiger partial charge >= 0.3 is 5.97 Å². The van der Waals surface area contributed by atoms with Gasteiger partial charge in [0.25, 0.3) is 0 Å². The molecule has 2 aromatic carbocycles. The Bertz CT molecular complexity index is 647. The predicted molar refractivity (Wildman–Crippen MR) is 80.6 cm³/mol. The number of aryl methyl sites for hydroxylation is 3. The van der Waals surface area contributed by atoms with Crippen LogP contribution in [0.4, 0.5) is 5.69 Å². The van der Waals surface area contributed by atoms with Gasteiger partial charge in [-0.3, -0.25) is 0 Å². The molecule has 0 bridgehead atoms. The highest BCUT2D eigenvalue weighted by Gasteiger charge is 2.11. The van der Waals surface area contributed by atoms with Crippen LogP contribution in [0.2, 0.25) is 0 Å². The number of esters is 1. The van der Waals surface area contributed by atoms with E-state index in [9.17, 15) is 4.79 Å². The molecule has 2 rings (SSSR count). The predicted octanol–water partition coefficient (Wildman–Crippen LogP) is 3.55. The summed E-state index contributed by atoms with van der Waals surface area (Å²) >= 11 is 0. The fraction of sp³-hybridized carbons (Fsp3) is 0.235. The molecule has 0 spiro atoms. The Morgan fingerprint density at radius 3 is 2.50 bits per heavy atom. The summed E-state index contributed by atoms with van der Waals surface area (Å²) in [6.07, 6.45) is 0. The first-order valence-corrected chi connectivity index (χ1v) is 6.57. The van der Waals surface area contributed by atoms with Crippen LogP contribution in [-0.4, -0.2) is 5.97 Å². The Kier molecular flexibility index (Phi) is 4.08. The fourth-order valence-corrected chi connectivity index (χ4v) is 1.97. The largest absolute Gasteiger partial charge is 0.457 e. The van der Waals surface area contributed by atoms with E-state index < -0.39 is 0 Å². The molecular formula is C17H19NO2. The standard InChI is InChI=1S/C17H19NO2/c1-11-4-7-16(18)15(8-11)17(19)20-10-14-6-5-12(2)13(3)9-14/h4-9H,10,18H2,1-3H3. The van der Waals surface area contributed by atoms with E-state index in [1.54, 1.807) is 12.1 Å². The molecule has 2 N–H and O–H groups in total. The zero-order valence-corrected chi connectivity index (χ0v) is 12.1. The molecule has 0 heterocycles. The SMILES string of the molecule is Cc1ccc(N)c(C(=O)OCc2ccc(C)c(C)c2)c1. The maximum absolute atomic E-state index is 12.0. The summed E-state index contributed by atoms with van der Waals surface area (Å²) < 4.78 is 5.33. The number of carbonyl (C=O) groups is 1. The minimum absolute atomic E-state index is 0.257. The Hall–Kier alpha value is -2.29. The van der Waals surface area contributed by atoms with E-state index >= 15 is 0 Å². The molecule has 104 valence electrons. The van der Waals surface area contributed by atoms with Crippen molar-refractivity contribution < 1.29 is 9.53 Å². The molecule has 0 aromatic heterocycles. The molecule has 0 amide bonds. The first-order valence-electron chi connectivity index (χ1n) is 6.57. The van der Waals surface area contributed by atoms with E-state index in [1.165, 1.54) is 11.1 Å². The van der Waals surface area contributed by atoms with Gasteiger partial charge < -0.3 is 10.5 Å². The van der Waals surface area contributed by atoms with E-state index in [0.29, 0.717) is 11.3 Å². The van der Waals surface area contributed by atoms with Gasteiger partial charge in [0.1, 0.15) is 6.61 Å². The first-order chi connectivity index (χ1) is 9.47. The van der Waals surface area contributed by atoms with Crippen molar-refractivity contribution in [3.8, 4) is 0 Å². The Balaban J connectivity index is 2.08. The lowest BCUT2D eigenvalue weighted by molar-refractivity contribution is 0.0474. The fourth-order valence-electron chi connectivity index (χ4n) is 1.97. The van der Waals surface area contributed by atoms with Crippen LogP contribution in [-0.2, 0) is 11.3 Å².